The van der Waals surface area contributed by atoms with Crippen LogP contribution >= 0.6 is 11.3 Å². The van der Waals surface area contributed by atoms with E-state index in [-0.39, 0.29) is 5.91 Å². The van der Waals surface area contributed by atoms with Crippen LogP contribution in [0, 0.1) is 0 Å². The van der Waals surface area contributed by atoms with Gasteiger partial charge < -0.3 is 4.90 Å². The molecule has 1 saturated heterocycles. The Morgan fingerprint density at radius 3 is 2.79 bits per heavy atom. The molecule has 2 aromatic rings. The van der Waals surface area contributed by atoms with E-state index in [4.69, 9.17) is 4.98 Å². The summed E-state index contributed by atoms with van der Waals surface area (Å²) in [6, 6.07) is 8.26. The van der Waals surface area contributed by atoms with Gasteiger partial charge in [0.15, 0.2) is 0 Å². The number of benzene rings is 1. The summed E-state index contributed by atoms with van der Waals surface area (Å²) in [5.74, 6) is 0.536. The van der Waals surface area contributed by atoms with Crippen LogP contribution in [-0.2, 0) is 4.79 Å². The van der Waals surface area contributed by atoms with Gasteiger partial charge in [-0.05, 0) is 31.1 Å². The van der Waals surface area contributed by atoms with Crippen molar-refractivity contribution in [3.63, 3.8) is 0 Å². The zero-order valence-electron chi connectivity index (χ0n) is 10.7. The van der Waals surface area contributed by atoms with Crippen molar-refractivity contribution in [1.82, 2.24) is 9.88 Å². The largest absolute Gasteiger partial charge is 0.339 e. The van der Waals surface area contributed by atoms with Gasteiger partial charge in [0.2, 0.25) is 5.91 Å². The number of fused-ring (bicyclic) bond motifs is 1. The van der Waals surface area contributed by atoms with Gasteiger partial charge in [0, 0.05) is 19.0 Å². The van der Waals surface area contributed by atoms with Crippen LogP contribution < -0.4 is 0 Å². The Labute approximate surface area is 116 Å². The highest BCUT2D eigenvalue weighted by Crippen LogP contribution is 2.33. The summed E-state index contributed by atoms with van der Waals surface area (Å²) in [6.07, 6.45) is 3.40. The van der Waals surface area contributed by atoms with Gasteiger partial charge in [-0.2, -0.15) is 0 Å². The number of aromatic nitrogens is 1. The van der Waals surface area contributed by atoms with Crippen LogP contribution in [0.2, 0.25) is 0 Å². The molecule has 19 heavy (non-hydrogen) atoms. The van der Waals surface area contributed by atoms with Gasteiger partial charge in [-0.25, -0.2) is 4.98 Å². The molecule has 1 aromatic carbocycles. The lowest BCUT2D eigenvalue weighted by Gasteiger charge is -2.30. The van der Waals surface area contributed by atoms with Crippen molar-refractivity contribution in [2.45, 2.75) is 18.8 Å². The average Bonchev–Trinajstić information content (AvgIpc) is 2.90. The number of hydrogen-bond acceptors (Lipinski definition) is 3. The van der Waals surface area contributed by atoms with Crippen LogP contribution in [0.3, 0.4) is 0 Å². The van der Waals surface area contributed by atoms with E-state index in [9.17, 15) is 4.79 Å². The molecule has 0 radical (unpaired) electrons. The fourth-order valence-electron chi connectivity index (χ4n) is 2.54. The number of rotatable bonds is 2. The van der Waals surface area contributed by atoms with Crippen molar-refractivity contribution >= 4 is 27.5 Å². The van der Waals surface area contributed by atoms with Crippen molar-refractivity contribution in [2.24, 2.45) is 0 Å². The zero-order chi connectivity index (χ0) is 13.2. The lowest BCUT2D eigenvalue weighted by Crippen LogP contribution is -2.36. The van der Waals surface area contributed by atoms with Crippen LogP contribution in [-0.4, -0.2) is 28.9 Å². The third-order valence-corrected chi connectivity index (χ3v) is 4.84. The highest BCUT2D eigenvalue weighted by molar-refractivity contribution is 7.18. The normalized spacial score (nSPS) is 16.7. The molecule has 0 unspecified atom stereocenters. The lowest BCUT2D eigenvalue weighted by atomic mass is 9.97. The molecule has 3 nitrogen and oxygen atoms in total. The first-order chi connectivity index (χ1) is 9.28. The molecular formula is C15H16N2OS. The standard InChI is InChI=1S/C15H16N2OS/c1-2-14(18)17-9-7-11(8-10-17)15-16-12-5-3-4-6-13(12)19-15/h2-6,11H,1,7-10H2. The molecule has 0 bridgehead atoms. The topological polar surface area (TPSA) is 33.2 Å². The van der Waals surface area contributed by atoms with Gasteiger partial charge in [-0.3, -0.25) is 4.79 Å². The maximum atomic E-state index is 11.5. The van der Waals surface area contributed by atoms with Gasteiger partial charge in [0.25, 0.3) is 0 Å². The minimum atomic E-state index is 0.0442. The molecule has 2 heterocycles. The SMILES string of the molecule is C=CC(=O)N1CCC(c2nc3ccccc3s2)CC1. The van der Waals surface area contributed by atoms with Gasteiger partial charge in [-0.1, -0.05) is 18.7 Å². The monoisotopic (exact) mass is 272 g/mol. The van der Waals surface area contributed by atoms with E-state index in [1.54, 1.807) is 11.3 Å². The molecule has 0 N–H and O–H groups in total. The van der Waals surface area contributed by atoms with Crippen LogP contribution in [0.1, 0.15) is 23.8 Å². The molecule has 0 aliphatic carbocycles. The van der Waals surface area contributed by atoms with Crippen LogP contribution in [0.5, 0.6) is 0 Å². The fraction of sp³-hybridized carbons (Fsp3) is 0.333. The van der Waals surface area contributed by atoms with E-state index in [1.165, 1.54) is 15.8 Å². The summed E-state index contributed by atoms with van der Waals surface area (Å²) in [5, 5.41) is 1.21. The maximum Gasteiger partial charge on any atom is 0.245 e. The molecule has 1 aliphatic rings. The molecule has 3 rings (SSSR count). The molecular weight excluding hydrogens is 256 g/mol. The molecule has 0 saturated carbocycles. The van der Waals surface area contributed by atoms with E-state index in [2.05, 4.69) is 24.8 Å². The number of likely N-dealkylation sites (tertiary alicyclic amines) is 1. The predicted molar refractivity (Wildman–Crippen MR) is 78.4 cm³/mol. The quantitative estimate of drug-likeness (QED) is 0.787. The third kappa shape index (κ3) is 2.40. The first kappa shape index (κ1) is 12.4. The molecule has 0 atom stereocenters. The van der Waals surface area contributed by atoms with E-state index in [1.807, 2.05) is 11.0 Å². The number of carbonyl (C=O) groups excluding carboxylic acids is 1. The fourth-order valence-corrected chi connectivity index (χ4v) is 3.68. The molecule has 0 spiro atoms. The molecule has 1 fully saturated rings. The molecule has 98 valence electrons. The van der Waals surface area contributed by atoms with Gasteiger partial charge in [-0.15, -0.1) is 11.3 Å². The summed E-state index contributed by atoms with van der Waals surface area (Å²) >= 11 is 1.78. The number of carbonyl (C=O) groups is 1. The first-order valence-electron chi connectivity index (χ1n) is 6.55. The second kappa shape index (κ2) is 5.13. The van der Waals surface area contributed by atoms with Crippen molar-refractivity contribution in [3.8, 4) is 0 Å². The number of piperidine rings is 1. The second-order valence-corrected chi connectivity index (χ2v) is 5.89. The summed E-state index contributed by atoms with van der Waals surface area (Å²) in [7, 11) is 0. The summed E-state index contributed by atoms with van der Waals surface area (Å²) < 4.78 is 1.25. The van der Waals surface area contributed by atoms with Crippen molar-refractivity contribution in [3.05, 3.63) is 41.9 Å². The summed E-state index contributed by atoms with van der Waals surface area (Å²) in [4.78, 5) is 18.1. The minimum Gasteiger partial charge on any atom is -0.339 e. The summed E-state index contributed by atoms with van der Waals surface area (Å²) in [5.41, 5.74) is 1.09. The van der Waals surface area contributed by atoms with E-state index >= 15 is 0 Å². The van der Waals surface area contributed by atoms with Crippen LogP contribution in [0.4, 0.5) is 0 Å². The molecule has 1 aromatic heterocycles. The van der Waals surface area contributed by atoms with Gasteiger partial charge in [0.05, 0.1) is 15.2 Å². The number of hydrogen-bond donors (Lipinski definition) is 0. The summed E-state index contributed by atoms with van der Waals surface area (Å²) in [6.45, 7) is 5.16. The zero-order valence-corrected chi connectivity index (χ0v) is 11.5. The van der Waals surface area contributed by atoms with E-state index in [0.29, 0.717) is 5.92 Å². The Balaban J connectivity index is 1.74. The highest BCUT2D eigenvalue weighted by atomic mass is 32.1. The van der Waals surface area contributed by atoms with E-state index < -0.39 is 0 Å². The van der Waals surface area contributed by atoms with Gasteiger partial charge >= 0.3 is 0 Å². The van der Waals surface area contributed by atoms with Crippen LogP contribution in [0.25, 0.3) is 10.2 Å². The molecule has 1 amide bonds. The third-order valence-electron chi connectivity index (χ3n) is 3.64. The maximum absolute atomic E-state index is 11.5. The molecule has 4 heteroatoms. The van der Waals surface area contributed by atoms with Crippen LogP contribution in [0.15, 0.2) is 36.9 Å². The Hall–Kier alpha value is -1.68. The predicted octanol–water partition coefficient (Wildman–Crippen LogP) is 3.19. The number of para-hydroxylation sites is 1. The van der Waals surface area contributed by atoms with E-state index in [0.717, 1.165) is 31.4 Å². The van der Waals surface area contributed by atoms with Crippen molar-refractivity contribution in [1.29, 1.82) is 0 Å². The Bertz CT molecular complexity index is 578. The second-order valence-electron chi connectivity index (χ2n) is 4.82. The number of amides is 1. The minimum absolute atomic E-state index is 0.0442. The Morgan fingerprint density at radius 2 is 2.11 bits per heavy atom. The molecule has 1 aliphatic heterocycles. The first-order valence-corrected chi connectivity index (χ1v) is 7.36. The Morgan fingerprint density at radius 1 is 1.37 bits per heavy atom. The average molecular weight is 272 g/mol. The number of thiazole rings is 1. The van der Waals surface area contributed by atoms with Crippen molar-refractivity contribution < 1.29 is 4.79 Å². The number of nitrogens with zero attached hydrogens (tertiary/aromatic N) is 2. The highest BCUT2D eigenvalue weighted by Gasteiger charge is 2.24. The smallest absolute Gasteiger partial charge is 0.245 e. The lowest BCUT2D eigenvalue weighted by molar-refractivity contribution is -0.127. The van der Waals surface area contributed by atoms with Gasteiger partial charge in [0.1, 0.15) is 0 Å². The Kier molecular flexibility index (Phi) is 3.34. The van der Waals surface area contributed by atoms with Crippen molar-refractivity contribution in [2.75, 3.05) is 13.1 Å².